The van der Waals surface area contributed by atoms with E-state index in [1.807, 2.05) is 30.3 Å². The average Bonchev–Trinajstić information content (AvgIpc) is 2.61. The molecule has 0 aliphatic rings. The molecular weight excluding hydrogens is 304 g/mol. The first kappa shape index (κ1) is 16.1. The molecule has 124 valence electrons. The average molecular weight is 324 g/mol. The Hall–Kier alpha value is -2.75. The molecule has 0 spiro atoms. The lowest BCUT2D eigenvalue weighted by Gasteiger charge is -2.08. The van der Waals surface area contributed by atoms with Crippen molar-refractivity contribution in [1.29, 1.82) is 0 Å². The van der Waals surface area contributed by atoms with Crippen molar-refractivity contribution in [3.8, 4) is 11.5 Å². The van der Waals surface area contributed by atoms with E-state index in [2.05, 4.69) is 0 Å². The van der Waals surface area contributed by atoms with Crippen LogP contribution in [0.25, 0.3) is 11.0 Å². The van der Waals surface area contributed by atoms with Crippen LogP contribution in [0.1, 0.15) is 24.0 Å². The van der Waals surface area contributed by atoms with Crippen LogP contribution in [-0.4, -0.2) is 12.2 Å². The first-order valence-corrected chi connectivity index (χ1v) is 8.06. The Labute approximate surface area is 140 Å². The predicted octanol–water partition coefficient (Wildman–Crippen LogP) is 4.07. The van der Waals surface area contributed by atoms with Gasteiger partial charge in [0.1, 0.15) is 17.1 Å². The zero-order valence-electron chi connectivity index (χ0n) is 13.6. The highest BCUT2D eigenvalue weighted by atomic mass is 16.5. The molecule has 1 aromatic heterocycles. The van der Waals surface area contributed by atoms with Crippen LogP contribution in [0.15, 0.2) is 57.7 Å². The van der Waals surface area contributed by atoms with E-state index in [1.54, 1.807) is 25.3 Å². The molecule has 0 fully saturated rings. The fourth-order valence-corrected chi connectivity index (χ4v) is 2.92. The molecule has 0 saturated carbocycles. The highest BCUT2D eigenvalue weighted by molar-refractivity contribution is 5.83. The summed E-state index contributed by atoms with van der Waals surface area (Å²) in [5.41, 5.74) is 1.46. The molecule has 0 radical (unpaired) electrons. The lowest BCUT2D eigenvalue weighted by Crippen LogP contribution is -2.08. The molecule has 4 nitrogen and oxygen atoms in total. The lowest BCUT2D eigenvalue weighted by atomic mass is 10.0. The summed E-state index contributed by atoms with van der Waals surface area (Å²) in [6.07, 6.45) is 3.04. The summed E-state index contributed by atoms with van der Waals surface area (Å²) in [7, 11) is 1.66. The molecule has 0 aliphatic heterocycles. The van der Waals surface area contributed by atoms with E-state index >= 15 is 0 Å². The van der Waals surface area contributed by atoms with E-state index in [9.17, 15) is 9.90 Å². The number of hydrogen-bond donors (Lipinski definition) is 1. The topological polar surface area (TPSA) is 59.7 Å². The molecule has 0 unspecified atom stereocenters. The Balaban J connectivity index is 1.69. The summed E-state index contributed by atoms with van der Waals surface area (Å²) in [6, 6.07) is 14.9. The van der Waals surface area contributed by atoms with Gasteiger partial charge in [-0.3, -0.25) is 0 Å². The number of para-hydroxylation sites is 2. The molecule has 4 heteroatoms. The quantitative estimate of drug-likeness (QED) is 0.548. The van der Waals surface area contributed by atoms with E-state index < -0.39 is 5.63 Å². The summed E-state index contributed by atoms with van der Waals surface area (Å²) in [5.74, 6) is 0.921. The molecule has 0 saturated heterocycles. The van der Waals surface area contributed by atoms with E-state index in [-0.39, 0.29) is 5.75 Å². The summed E-state index contributed by atoms with van der Waals surface area (Å²) in [5, 5.41) is 10.9. The lowest BCUT2D eigenvalue weighted by molar-refractivity contribution is 0.408. The third-order valence-corrected chi connectivity index (χ3v) is 4.19. The first-order valence-electron chi connectivity index (χ1n) is 8.06. The third kappa shape index (κ3) is 3.27. The van der Waals surface area contributed by atoms with Gasteiger partial charge in [0.05, 0.1) is 18.1 Å². The largest absolute Gasteiger partial charge is 0.507 e. The Morgan fingerprint density at radius 3 is 2.54 bits per heavy atom. The van der Waals surface area contributed by atoms with Gasteiger partial charge in [0, 0.05) is 0 Å². The van der Waals surface area contributed by atoms with Gasteiger partial charge in [0.15, 0.2) is 0 Å². The summed E-state index contributed by atoms with van der Waals surface area (Å²) >= 11 is 0. The highest BCUT2D eigenvalue weighted by Crippen LogP contribution is 2.27. The van der Waals surface area contributed by atoms with E-state index in [0.717, 1.165) is 30.6 Å². The van der Waals surface area contributed by atoms with E-state index in [4.69, 9.17) is 9.15 Å². The molecule has 0 aliphatic carbocycles. The zero-order chi connectivity index (χ0) is 16.9. The molecule has 1 heterocycles. The van der Waals surface area contributed by atoms with Crippen molar-refractivity contribution in [3.05, 3.63) is 70.1 Å². The molecule has 1 N–H and O–H groups in total. The van der Waals surface area contributed by atoms with Gasteiger partial charge in [-0.2, -0.15) is 0 Å². The van der Waals surface area contributed by atoms with E-state index in [0.29, 0.717) is 23.0 Å². The van der Waals surface area contributed by atoms with Crippen LogP contribution in [0.4, 0.5) is 0 Å². The fraction of sp³-hybridized carbons (Fsp3) is 0.250. The Morgan fingerprint density at radius 2 is 1.71 bits per heavy atom. The Kier molecular flexibility index (Phi) is 4.85. The third-order valence-electron chi connectivity index (χ3n) is 4.19. The number of rotatable bonds is 6. The minimum atomic E-state index is -0.455. The summed E-state index contributed by atoms with van der Waals surface area (Å²) in [6.45, 7) is 0. The minimum absolute atomic E-state index is 0.0409. The van der Waals surface area contributed by atoms with Crippen LogP contribution in [0.2, 0.25) is 0 Å². The van der Waals surface area contributed by atoms with Gasteiger partial charge >= 0.3 is 5.63 Å². The van der Waals surface area contributed by atoms with Crippen LogP contribution in [0, 0.1) is 0 Å². The van der Waals surface area contributed by atoms with Crippen molar-refractivity contribution in [2.24, 2.45) is 0 Å². The van der Waals surface area contributed by atoms with Gasteiger partial charge in [-0.25, -0.2) is 4.79 Å². The van der Waals surface area contributed by atoms with Gasteiger partial charge < -0.3 is 14.3 Å². The first-order chi connectivity index (χ1) is 11.7. The molecule has 3 rings (SSSR count). The second-order valence-corrected chi connectivity index (χ2v) is 5.73. The molecular formula is C20H20O4. The van der Waals surface area contributed by atoms with Crippen LogP contribution in [0.3, 0.4) is 0 Å². The van der Waals surface area contributed by atoms with Gasteiger partial charge in [0.25, 0.3) is 0 Å². The molecule has 3 aromatic rings. The van der Waals surface area contributed by atoms with Gasteiger partial charge in [-0.15, -0.1) is 0 Å². The molecule has 2 aromatic carbocycles. The van der Waals surface area contributed by atoms with Crippen LogP contribution in [-0.2, 0) is 12.8 Å². The molecule has 0 bridgehead atoms. The van der Waals surface area contributed by atoms with Crippen LogP contribution >= 0.6 is 0 Å². The zero-order valence-corrected chi connectivity index (χ0v) is 13.6. The number of hydrogen-bond acceptors (Lipinski definition) is 4. The molecule has 0 amide bonds. The summed E-state index contributed by atoms with van der Waals surface area (Å²) in [4.78, 5) is 12.1. The monoisotopic (exact) mass is 324 g/mol. The smallest absolute Gasteiger partial charge is 0.343 e. The van der Waals surface area contributed by atoms with Crippen molar-refractivity contribution in [3.63, 3.8) is 0 Å². The standard InChI is InChI=1S/C20H20O4/c1-23-17-12-6-3-9-14(17)8-2-4-11-16-19(21)15-10-5-7-13-18(15)24-20(16)22/h3,5-7,9-10,12-13,21H,2,4,8,11H2,1H3. The number of benzene rings is 2. The second kappa shape index (κ2) is 7.21. The van der Waals surface area contributed by atoms with Gasteiger partial charge in [-0.1, -0.05) is 30.3 Å². The fourth-order valence-electron chi connectivity index (χ4n) is 2.92. The number of fused-ring (bicyclic) bond motifs is 1. The van der Waals surface area contributed by atoms with Gasteiger partial charge in [0.2, 0.25) is 0 Å². The number of aromatic hydroxyl groups is 1. The number of unbranched alkanes of at least 4 members (excludes halogenated alkanes) is 1. The van der Waals surface area contributed by atoms with Crippen molar-refractivity contribution in [1.82, 2.24) is 0 Å². The Morgan fingerprint density at radius 1 is 1.00 bits per heavy atom. The van der Waals surface area contributed by atoms with Crippen molar-refractivity contribution in [2.45, 2.75) is 25.7 Å². The van der Waals surface area contributed by atoms with Crippen LogP contribution in [0.5, 0.6) is 11.5 Å². The van der Waals surface area contributed by atoms with Gasteiger partial charge in [-0.05, 0) is 49.4 Å². The van der Waals surface area contributed by atoms with Crippen molar-refractivity contribution in [2.75, 3.05) is 7.11 Å². The Bertz CT molecular complexity index is 896. The maximum absolute atomic E-state index is 12.1. The normalized spacial score (nSPS) is 10.9. The maximum Gasteiger partial charge on any atom is 0.343 e. The molecule has 0 atom stereocenters. The van der Waals surface area contributed by atoms with Crippen molar-refractivity contribution < 1.29 is 14.3 Å². The minimum Gasteiger partial charge on any atom is -0.507 e. The summed E-state index contributed by atoms with van der Waals surface area (Å²) < 4.78 is 10.6. The van der Waals surface area contributed by atoms with E-state index in [1.165, 1.54) is 0 Å². The maximum atomic E-state index is 12.1. The second-order valence-electron chi connectivity index (χ2n) is 5.73. The predicted molar refractivity (Wildman–Crippen MR) is 93.8 cm³/mol. The van der Waals surface area contributed by atoms with Crippen LogP contribution < -0.4 is 10.4 Å². The SMILES string of the molecule is COc1ccccc1CCCCc1c(O)c2ccccc2oc1=O. The molecule has 24 heavy (non-hydrogen) atoms. The number of methoxy groups -OCH3 is 1. The highest BCUT2D eigenvalue weighted by Gasteiger charge is 2.13. The number of ether oxygens (including phenoxy) is 1. The van der Waals surface area contributed by atoms with Crippen molar-refractivity contribution >= 4 is 11.0 Å². The number of aryl methyl sites for hydroxylation is 1.